The van der Waals surface area contributed by atoms with Gasteiger partial charge in [0, 0.05) is 11.9 Å². The summed E-state index contributed by atoms with van der Waals surface area (Å²) >= 11 is 1.41. The number of ether oxygens (including phenoxy) is 1. The Morgan fingerprint density at radius 1 is 1.35 bits per heavy atom. The van der Waals surface area contributed by atoms with Gasteiger partial charge < -0.3 is 4.74 Å². The summed E-state index contributed by atoms with van der Waals surface area (Å²) in [6, 6.07) is 8.33. The molecule has 0 aliphatic rings. The molecule has 6 nitrogen and oxygen atoms in total. The zero-order valence-electron chi connectivity index (χ0n) is 15.6. The third-order valence-electron chi connectivity index (χ3n) is 3.81. The normalized spacial score (nSPS) is 11.2. The van der Waals surface area contributed by atoms with Crippen LogP contribution < -0.4 is 5.43 Å². The largest absolute Gasteiger partial charge is 0.466 e. The Morgan fingerprint density at radius 3 is 2.88 bits per heavy atom. The van der Waals surface area contributed by atoms with E-state index in [0.717, 1.165) is 25.2 Å². The Bertz CT molecular complexity index is 726. The second-order valence-electron chi connectivity index (χ2n) is 5.70. The van der Waals surface area contributed by atoms with Crippen LogP contribution in [0.2, 0.25) is 0 Å². The average Bonchev–Trinajstić information content (AvgIpc) is 3.07. The number of hydrogen-bond donors (Lipinski definition) is 1. The Balaban J connectivity index is 1.90. The first kappa shape index (κ1) is 20.1. The summed E-state index contributed by atoms with van der Waals surface area (Å²) in [7, 11) is 0. The van der Waals surface area contributed by atoms with Crippen molar-refractivity contribution in [1.29, 1.82) is 0 Å². The van der Waals surface area contributed by atoms with Gasteiger partial charge in [0.1, 0.15) is 0 Å². The van der Waals surface area contributed by atoms with Crippen molar-refractivity contribution in [3.63, 3.8) is 0 Å². The van der Waals surface area contributed by atoms with Gasteiger partial charge in [0.05, 0.1) is 24.9 Å². The quantitative estimate of drug-likeness (QED) is 0.391. The van der Waals surface area contributed by atoms with E-state index in [1.54, 1.807) is 13.1 Å². The van der Waals surface area contributed by atoms with Crippen LogP contribution in [0.4, 0.5) is 5.13 Å². The van der Waals surface area contributed by atoms with Gasteiger partial charge in [-0.15, -0.1) is 11.3 Å². The van der Waals surface area contributed by atoms with Gasteiger partial charge in [-0.05, 0) is 37.2 Å². The van der Waals surface area contributed by atoms with Gasteiger partial charge in [-0.3, -0.25) is 15.1 Å². The van der Waals surface area contributed by atoms with E-state index >= 15 is 0 Å². The molecule has 0 saturated heterocycles. The van der Waals surface area contributed by atoms with Gasteiger partial charge in [0.25, 0.3) is 0 Å². The predicted molar refractivity (Wildman–Crippen MR) is 107 cm³/mol. The number of aromatic nitrogens is 1. The van der Waals surface area contributed by atoms with Crippen LogP contribution in [0.15, 0.2) is 34.7 Å². The lowest BCUT2D eigenvalue weighted by Crippen LogP contribution is -2.22. The molecule has 2 aromatic rings. The third-order valence-corrected chi connectivity index (χ3v) is 4.60. The number of hydrogen-bond acceptors (Lipinski definition) is 7. The predicted octanol–water partition coefficient (Wildman–Crippen LogP) is 3.54. The van der Waals surface area contributed by atoms with Crippen LogP contribution in [0.25, 0.3) is 0 Å². The number of rotatable bonds is 10. The Labute approximate surface area is 158 Å². The first-order valence-corrected chi connectivity index (χ1v) is 9.72. The second-order valence-corrected chi connectivity index (χ2v) is 6.56. The molecule has 1 aromatic heterocycles. The summed E-state index contributed by atoms with van der Waals surface area (Å²) in [4.78, 5) is 18.2. The first-order valence-electron chi connectivity index (χ1n) is 8.85. The van der Waals surface area contributed by atoms with E-state index in [1.165, 1.54) is 16.9 Å². The summed E-state index contributed by atoms with van der Waals surface area (Å²) in [6.45, 7) is 9.52. The number of nitrogens with one attached hydrogen (secondary N) is 1. The van der Waals surface area contributed by atoms with E-state index in [1.807, 2.05) is 17.5 Å². The number of esters is 1. The molecule has 0 spiro atoms. The van der Waals surface area contributed by atoms with Gasteiger partial charge in [0.2, 0.25) is 5.13 Å². The molecule has 0 aliphatic heterocycles. The van der Waals surface area contributed by atoms with Crippen molar-refractivity contribution < 1.29 is 9.53 Å². The molecule has 7 heteroatoms. The summed E-state index contributed by atoms with van der Waals surface area (Å²) in [5.74, 6) is -0.266. The minimum atomic E-state index is -0.266. The maximum absolute atomic E-state index is 11.5. The minimum absolute atomic E-state index is 0.184. The van der Waals surface area contributed by atoms with Crippen LogP contribution in [0.3, 0.4) is 0 Å². The molecular formula is C19H26N4O2S. The minimum Gasteiger partial charge on any atom is -0.466 e. The second kappa shape index (κ2) is 10.7. The number of carbonyl (C=O) groups excluding carboxylic acids is 1. The molecular weight excluding hydrogens is 348 g/mol. The van der Waals surface area contributed by atoms with E-state index in [-0.39, 0.29) is 12.4 Å². The standard InChI is InChI=1S/C19H26N4O2S/c1-4-23(5-2)13-16-9-7-8-15(10-16)12-20-22-19-21-17(14-26-19)11-18(24)25-6-3/h7-10,12,14H,4-6,11,13H2,1-3H3,(H,21,22). The van der Waals surface area contributed by atoms with Crippen molar-refractivity contribution in [2.75, 3.05) is 25.1 Å². The molecule has 1 aromatic carbocycles. The lowest BCUT2D eigenvalue weighted by atomic mass is 10.1. The van der Waals surface area contributed by atoms with Crippen molar-refractivity contribution in [3.8, 4) is 0 Å². The van der Waals surface area contributed by atoms with Crippen molar-refractivity contribution in [2.45, 2.75) is 33.7 Å². The molecule has 0 bridgehead atoms. The summed E-state index contributed by atoms with van der Waals surface area (Å²) in [6.07, 6.45) is 1.96. The van der Waals surface area contributed by atoms with Crippen molar-refractivity contribution in [3.05, 3.63) is 46.5 Å². The summed E-state index contributed by atoms with van der Waals surface area (Å²) in [5.41, 5.74) is 5.90. The number of benzene rings is 1. The maximum Gasteiger partial charge on any atom is 0.311 e. The maximum atomic E-state index is 11.5. The topological polar surface area (TPSA) is 66.8 Å². The zero-order valence-corrected chi connectivity index (χ0v) is 16.4. The number of anilines is 1. The van der Waals surface area contributed by atoms with Gasteiger partial charge in [-0.1, -0.05) is 32.0 Å². The van der Waals surface area contributed by atoms with Gasteiger partial charge >= 0.3 is 5.97 Å². The van der Waals surface area contributed by atoms with Crippen LogP contribution in [0, 0.1) is 0 Å². The number of carbonyl (C=O) groups is 1. The molecule has 0 atom stereocenters. The van der Waals surface area contributed by atoms with E-state index in [0.29, 0.717) is 17.4 Å². The highest BCUT2D eigenvalue weighted by atomic mass is 32.1. The molecule has 0 amide bonds. The summed E-state index contributed by atoms with van der Waals surface area (Å²) < 4.78 is 4.92. The molecule has 2 rings (SSSR count). The van der Waals surface area contributed by atoms with Crippen molar-refractivity contribution in [2.24, 2.45) is 5.10 Å². The Hall–Kier alpha value is -2.25. The van der Waals surface area contributed by atoms with Crippen molar-refractivity contribution in [1.82, 2.24) is 9.88 Å². The summed E-state index contributed by atoms with van der Waals surface area (Å²) in [5, 5.41) is 6.73. The smallest absolute Gasteiger partial charge is 0.311 e. The highest BCUT2D eigenvalue weighted by molar-refractivity contribution is 7.13. The van der Waals surface area contributed by atoms with Gasteiger partial charge in [-0.25, -0.2) is 4.98 Å². The van der Waals surface area contributed by atoms with E-state index in [9.17, 15) is 4.79 Å². The number of hydrazone groups is 1. The molecule has 0 unspecified atom stereocenters. The Morgan fingerprint density at radius 2 is 2.15 bits per heavy atom. The SMILES string of the molecule is CCOC(=O)Cc1csc(NN=Cc2cccc(CN(CC)CC)c2)n1. The fraction of sp³-hybridized carbons (Fsp3) is 0.421. The lowest BCUT2D eigenvalue weighted by molar-refractivity contribution is -0.142. The van der Waals surface area contributed by atoms with Crippen LogP contribution in [0.5, 0.6) is 0 Å². The fourth-order valence-electron chi connectivity index (χ4n) is 2.44. The molecule has 26 heavy (non-hydrogen) atoms. The highest BCUT2D eigenvalue weighted by Gasteiger charge is 2.08. The average molecular weight is 375 g/mol. The van der Waals surface area contributed by atoms with Gasteiger partial charge in [-0.2, -0.15) is 5.10 Å². The van der Waals surface area contributed by atoms with E-state index < -0.39 is 0 Å². The van der Waals surface area contributed by atoms with Crippen LogP contribution >= 0.6 is 11.3 Å². The number of thiazole rings is 1. The van der Waals surface area contributed by atoms with E-state index in [4.69, 9.17) is 4.74 Å². The monoisotopic (exact) mass is 374 g/mol. The van der Waals surface area contributed by atoms with Gasteiger partial charge in [0.15, 0.2) is 0 Å². The molecule has 0 aliphatic carbocycles. The Kier molecular flexibility index (Phi) is 8.24. The van der Waals surface area contributed by atoms with Crippen LogP contribution in [-0.4, -0.2) is 41.8 Å². The zero-order chi connectivity index (χ0) is 18.8. The lowest BCUT2D eigenvalue weighted by Gasteiger charge is -2.18. The fourth-order valence-corrected chi connectivity index (χ4v) is 3.10. The molecule has 1 heterocycles. The molecule has 0 fully saturated rings. The molecule has 0 radical (unpaired) electrons. The number of nitrogens with zero attached hydrogens (tertiary/aromatic N) is 3. The highest BCUT2D eigenvalue weighted by Crippen LogP contribution is 2.16. The van der Waals surface area contributed by atoms with E-state index in [2.05, 4.69) is 46.4 Å². The third kappa shape index (κ3) is 6.57. The molecule has 140 valence electrons. The van der Waals surface area contributed by atoms with Crippen LogP contribution in [0.1, 0.15) is 37.6 Å². The van der Waals surface area contributed by atoms with Crippen molar-refractivity contribution >= 4 is 28.7 Å². The first-order chi connectivity index (χ1) is 12.6. The van der Waals surface area contributed by atoms with Crippen LogP contribution in [-0.2, 0) is 22.5 Å². The molecule has 1 N–H and O–H groups in total. The molecule has 0 saturated carbocycles.